The zero-order chi connectivity index (χ0) is 20.0. The predicted molar refractivity (Wildman–Crippen MR) is 102 cm³/mol. The molecule has 0 unspecified atom stereocenters. The predicted octanol–water partition coefficient (Wildman–Crippen LogP) is 4.38. The van der Waals surface area contributed by atoms with E-state index in [2.05, 4.69) is 5.32 Å². The van der Waals surface area contributed by atoms with Crippen LogP contribution in [-0.4, -0.2) is 25.1 Å². The van der Waals surface area contributed by atoms with Crippen LogP contribution in [-0.2, 0) is 14.3 Å². The molecular weight excluding hydrogens is 373 g/mol. The van der Waals surface area contributed by atoms with Crippen molar-refractivity contribution in [3.05, 3.63) is 64.4 Å². The topological polar surface area (TPSA) is 64.6 Å². The van der Waals surface area contributed by atoms with Crippen molar-refractivity contribution in [2.75, 3.05) is 12.4 Å². The number of carbonyl (C=O) groups excluding carboxylic acids is 2. The SMILES string of the molecule is COc1ccc(/C=C/C(=O)O[C@H](C)C(=O)Nc2cccc(Cl)c2C)cc1F. The van der Waals surface area contributed by atoms with Crippen molar-refractivity contribution in [2.24, 2.45) is 0 Å². The van der Waals surface area contributed by atoms with Gasteiger partial charge in [-0.15, -0.1) is 0 Å². The van der Waals surface area contributed by atoms with E-state index in [9.17, 15) is 14.0 Å². The third kappa shape index (κ3) is 5.56. The van der Waals surface area contributed by atoms with Crippen molar-refractivity contribution in [1.29, 1.82) is 0 Å². The summed E-state index contributed by atoms with van der Waals surface area (Å²) < 4.78 is 23.5. The molecule has 1 atom stereocenters. The zero-order valence-corrected chi connectivity index (χ0v) is 15.8. The first-order valence-corrected chi connectivity index (χ1v) is 8.48. The molecule has 0 saturated carbocycles. The van der Waals surface area contributed by atoms with Gasteiger partial charge in [-0.3, -0.25) is 4.79 Å². The molecule has 0 aliphatic rings. The van der Waals surface area contributed by atoms with Gasteiger partial charge in [-0.05, 0) is 55.3 Å². The Balaban J connectivity index is 1.95. The number of nitrogens with one attached hydrogen (secondary N) is 1. The van der Waals surface area contributed by atoms with Gasteiger partial charge in [0.1, 0.15) is 0 Å². The smallest absolute Gasteiger partial charge is 0.331 e. The maximum Gasteiger partial charge on any atom is 0.331 e. The molecule has 0 aromatic heterocycles. The highest BCUT2D eigenvalue weighted by atomic mass is 35.5. The molecule has 27 heavy (non-hydrogen) atoms. The minimum atomic E-state index is -1.02. The van der Waals surface area contributed by atoms with E-state index in [0.717, 1.165) is 6.08 Å². The molecule has 0 aliphatic carbocycles. The molecule has 142 valence electrons. The number of ether oxygens (including phenoxy) is 2. The molecule has 0 bridgehead atoms. The van der Waals surface area contributed by atoms with E-state index in [4.69, 9.17) is 21.1 Å². The second-order valence-corrected chi connectivity index (χ2v) is 6.12. The van der Waals surface area contributed by atoms with E-state index >= 15 is 0 Å². The number of carbonyl (C=O) groups is 2. The number of benzene rings is 2. The lowest BCUT2D eigenvalue weighted by Gasteiger charge is -2.14. The lowest BCUT2D eigenvalue weighted by Crippen LogP contribution is -2.29. The summed E-state index contributed by atoms with van der Waals surface area (Å²) in [6.07, 6.45) is 1.49. The largest absolute Gasteiger partial charge is 0.494 e. The first-order chi connectivity index (χ1) is 12.8. The molecule has 5 nitrogen and oxygen atoms in total. The fraction of sp³-hybridized carbons (Fsp3) is 0.200. The van der Waals surface area contributed by atoms with Crippen molar-refractivity contribution in [3.8, 4) is 5.75 Å². The normalized spacial score (nSPS) is 11.9. The number of hydrogen-bond donors (Lipinski definition) is 1. The fourth-order valence-electron chi connectivity index (χ4n) is 2.19. The Bertz CT molecular complexity index is 882. The van der Waals surface area contributed by atoms with E-state index in [1.165, 1.54) is 32.2 Å². The number of amides is 1. The highest BCUT2D eigenvalue weighted by Crippen LogP contribution is 2.23. The number of methoxy groups -OCH3 is 1. The van der Waals surface area contributed by atoms with Gasteiger partial charge in [-0.25, -0.2) is 9.18 Å². The Labute approximate surface area is 161 Å². The van der Waals surface area contributed by atoms with Gasteiger partial charge in [0.05, 0.1) is 7.11 Å². The number of rotatable bonds is 6. The second kappa shape index (κ2) is 9.19. The van der Waals surface area contributed by atoms with Gasteiger partial charge >= 0.3 is 5.97 Å². The van der Waals surface area contributed by atoms with E-state index in [1.807, 2.05) is 0 Å². The Morgan fingerprint density at radius 1 is 1.26 bits per heavy atom. The van der Waals surface area contributed by atoms with Gasteiger partial charge < -0.3 is 14.8 Å². The molecule has 2 aromatic rings. The summed E-state index contributed by atoms with van der Waals surface area (Å²) in [7, 11) is 1.36. The van der Waals surface area contributed by atoms with Gasteiger partial charge in [-0.1, -0.05) is 23.7 Å². The Morgan fingerprint density at radius 2 is 2.00 bits per heavy atom. The maximum absolute atomic E-state index is 13.6. The quantitative estimate of drug-likeness (QED) is 0.586. The van der Waals surface area contributed by atoms with Crippen molar-refractivity contribution in [3.63, 3.8) is 0 Å². The summed E-state index contributed by atoms with van der Waals surface area (Å²) in [4.78, 5) is 24.1. The number of halogens is 2. The van der Waals surface area contributed by atoms with Crippen LogP contribution < -0.4 is 10.1 Å². The Morgan fingerprint density at radius 3 is 2.67 bits per heavy atom. The molecule has 0 radical (unpaired) electrons. The number of hydrogen-bond acceptors (Lipinski definition) is 4. The van der Waals surface area contributed by atoms with E-state index in [-0.39, 0.29) is 5.75 Å². The van der Waals surface area contributed by atoms with Gasteiger partial charge in [0.2, 0.25) is 0 Å². The van der Waals surface area contributed by atoms with Crippen LogP contribution in [0.2, 0.25) is 5.02 Å². The Kier molecular flexibility index (Phi) is 6.96. The summed E-state index contributed by atoms with van der Waals surface area (Å²) in [6, 6.07) is 9.38. The van der Waals surface area contributed by atoms with Crippen LogP contribution in [0.25, 0.3) is 6.08 Å². The Hall–Kier alpha value is -2.86. The van der Waals surface area contributed by atoms with Gasteiger partial charge in [0, 0.05) is 16.8 Å². The van der Waals surface area contributed by atoms with Crippen LogP contribution in [0.1, 0.15) is 18.1 Å². The molecular formula is C20H19ClFNO4. The standard InChI is InChI=1S/C20H19ClFNO4/c1-12-15(21)5-4-6-17(12)23-20(25)13(2)27-19(24)10-8-14-7-9-18(26-3)16(22)11-14/h4-11,13H,1-3H3,(H,23,25)/b10-8+/t13-/m1/s1. The molecule has 1 amide bonds. The van der Waals surface area contributed by atoms with Crippen LogP contribution in [0.5, 0.6) is 5.75 Å². The number of anilines is 1. The molecule has 0 fully saturated rings. The summed E-state index contributed by atoms with van der Waals surface area (Å²) in [5, 5.41) is 3.18. The summed E-state index contributed by atoms with van der Waals surface area (Å²) in [6.45, 7) is 3.22. The summed E-state index contributed by atoms with van der Waals surface area (Å²) >= 11 is 6.01. The molecule has 0 heterocycles. The lowest BCUT2D eigenvalue weighted by molar-refractivity contribution is -0.148. The van der Waals surface area contributed by atoms with Crippen LogP contribution in [0, 0.1) is 12.7 Å². The average Bonchev–Trinajstić information content (AvgIpc) is 2.63. The highest BCUT2D eigenvalue weighted by molar-refractivity contribution is 6.31. The fourth-order valence-corrected chi connectivity index (χ4v) is 2.37. The molecule has 2 aromatic carbocycles. The van der Waals surface area contributed by atoms with Crippen molar-refractivity contribution in [1.82, 2.24) is 0 Å². The van der Waals surface area contributed by atoms with Gasteiger partial charge in [0.15, 0.2) is 17.7 Å². The van der Waals surface area contributed by atoms with Crippen LogP contribution >= 0.6 is 11.6 Å². The van der Waals surface area contributed by atoms with Crippen LogP contribution in [0.4, 0.5) is 10.1 Å². The van der Waals surface area contributed by atoms with Crippen molar-refractivity contribution >= 4 is 35.2 Å². The average molecular weight is 392 g/mol. The molecule has 0 aliphatic heterocycles. The molecule has 2 rings (SSSR count). The molecule has 7 heteroatoms. The molecule has 0 spiro atoms. The monoisotopic (exact) mass is 391 g/mol. The van der Waals surface area contributed by atoms with E-state index in [0.29, 0.717) is 21.8 Å². The third-order valence-corrected chi connectivity index (χ3v) is 4.18. The first kappa shape index (κ1) is 20.5. The first-order valence-electron chi connectivity index (χ1n) is 8.10. The van der Waals surface area contributed by atoms with E-state index < -0.39 is 23.8 Å². The van der Waals surface area contributed by atoms with Crippen LogP contribution in [0.15, 0.2) is 42.5 Å². The summed E-state index contributed by atoms with van der Waals surface area (Å²) in [5.74, 6) is -1.65. The van der Waals surface area contributed by atoms with Crippen molar-refractivity contribution < 1.29 is 23.5 Å². The lowest BCUT2D eigenvalue weighted by atomic mass is 10.2. The van der Waals surface area contributed by atoms with Gasteiger partial charge in [0.25, 0.3) is 5.91 Å². The third-order valence-electron chi connectivity index (χ3n) is 3.78. The van der Waals surface area contributed by atoms with Crippen LogP contribution in [0.3, 0.4) is 0 Å². The number of esters is 1. The minimum absolute atomic E-state index is 0.108. The maximum atomic E-state index is 13.6. The van der Waals surface area contributed by atoms with Crippen molar-refractivity contribution in [2.45, 2.75) is 20.0 Å². The zero-order valence-electron chi connectivity index (χ0n) is 15.1. The summed E-state index contributed by atoms with van der Waals surface area (Å²) in [5.41, 5.74) is 1.71. The molecule has 1 N–H and O–H groups in total. The molecule has 0 saturated heterocycles. The van der Waals surface area contributed by atoms with E-state index in [1.54, 1.807) is 31.2 Å². The highest BCUT2D eigenvalue weighted by Gasteiger charge is 2.17. The minimum Gasteiger partial charge on any atom is -0.494 e. The van der Waals surface area contributed by atoms with Gasteiger partial charge in [-0.2, -0.15) is 0 Å². The second-order valence-electron chi connectivity index (χ2n) is 5.71.